The summed E-state index contributed by atoms with van der Waals surface area (Å²) >= 11 is 0. The third-order valence-electron chi connectivity index (χ3n) is 4.09. The zero-order valence-corrected chi connectivity index (χ0v) is 13.5. The zero-order valence-electron chi connectivity index (χ0n) is 13.5. The molecular formula is C18H20O5. The van der Waals surface area contributed by atoms with Crippen LogP contribution < -0.4 is 14.2 Å². The summed E-state index contributed by atoms with van der Waals surface area (Å²) in [4.78, 5) is 0. The van der Waals surface area contributed by atoms with E-state index in [9.17, 15) is 5.11 Å². The molecule has 0 fully saturated rings. The summed E-state index contributed by atoms with van der Waals surface area (Å²) in [7, 11) is 4.78. The van der Waals surface area contributed by atoms with Crippen LogP contribution in [0.5, 0.6) is 23.0 Å². The number of phenols is 1. The lowest BCUT2D eigenvalue weighted by atomic mass is 9.92. The van der Waals surface area contributed by atoms with Gasteiger partial charge in [-0.15, -0.1) is 0 Å². The first-order chi connectivity index (χ1) is 11.2. The second kappa shape index (κ2) is 6.38. The molecule has 5 heteroatoms. The van der Waals surface area contributed by atoms with Crippen LogP contribution in [-0.2, 0) is 11.2 Å². The van der Waals surface area contributed by atoms with E-state index in [1.54, 1.807) is 26.4 Å². The summed E-state index contributed by atoms with van der Waals surface area (Å²) in [6, 6.07) is 9.21. The van der Waals surface area contributed by atoms with Gasteiger partial charge in [-0.05, 0) is 47.4 Å². The van der Waals surface area contributed by atoms with Crippen molar-refractivity contribution in [2.24, 2.45) is 0 Å². The maximum Gasteiger partial charge on any atom is 0.161 e. The number of fused-ring (bicyclic) bond motifs is 1. The first kappa shape index (κ1) is 15.5. The second-order valence-corrected chi connectivity index (χ2v) is 5.34. The fourth-order valence-electron chi connectivity index (χ4n) is 2.91. The molecule has 0 aliphatic carbocycles. The highest BCUT2D eigenvalue weighted by molar-refractivity contribution is 5.52. The van der Waals surface area contributed by atoms with Crippen LogP contribution in [0, 0.1) is 0 Å². The van der Waals surface area contributed by atoms with Gasteiger partial charge in [0.2, 0.25) is 0 Å². The lowest BCUT2D eigenvalue weighted by Gasteiger charge is -2.28. The highest BCUT2D eigenvalue weighted by Gasteiger charge is 2.25. The Balaban J connectivity index is 2.07. The SMILES string of the molecule is COc1cc([C@H]2OCCc3cc(OC)c(OC)cc32)ccc1O. The van der Waals surface area contributed by atoms with Crippen LogP contribution >= 0.6 is 0 Å². The van der Waals surface area contributed by atoms with Crippen LogP contribution in [0.1, 0.15) is 22.8 Å². The van der Waals surface area contributed by atoms with Crippen LogP contribution in [0.4, 0.5) is 0 Å². The number of benzene rings is 2. The van der Waals surface area contributed by atoms with E-state index in [4.69, 9.17) is 18.9 Å². The van der Waals surface area contributed by atoms with Crippen molar-refractivity contribution in [2.75, 3.05) is 27.9 Å². The van der Waals surface area contributed by atoms with E-state index in [0.717, 1.165) is 23.3 Å². The molecule has 1 aliphatic rings. The number of hydrogen-bond acceptors (Lipinski definition) is 5. The van der Waals surface area contributed by atoms with Gasteiger partial charge >= 0.3 is 0 Å². The van der Waals surface area contributed by atoms with E-state index >= 15 is 0 Å². The van der Waals surface area contributed by atoms with Crippen molar-refractivity contribution in [3.63, 3.8) is 0 Å². The van der Waals surface area contributed by atoms with E-state index < -0.39 is 0 Å². The number of ether oxygens (including phenoxy) is 4. The van der Waals surface area contributed by atoms with Gasteiger partial charge in [0, 0.05) is 0 Å². The molecule has 0 saturated carbocycles. The first-order valence-electron chi connectivity index (χ1n) is 7.41. The molecule has 122 valence electrons. The van der Waals surface area contributed by atoms with Crippen molar-refractivity contribution >= 4 is 0 Å². The lowest BCUT2D eigenvalue weighted by Crippen LogP contribution is -2.17. The molecule has 1 heterocycles. The van der Waals surface area contributed by atoms with Crippen LogP contribution in [0.25, 0.3) is 0 Å². The van der Waals surface area contributed by atoms with Gasteiger partial charge in [0.15, 0.2) is 23.0 Å². The Kier molecular flexibility index (Phi) is 4.30. The zero-order chi connectivity index (χ0) is 16.4. The third kappa shape index (κ3) is 2.80. The summed E-state index contributed by atoms with van der Waals surface area (Å²) in [5.41, 5.74) is 3.14. The lowest BCUT2D eigenvalue weighted by molar-refractivity contribution is 0.0693. The summed E-state index contributed by atoms with van der Waals surface area (Å²) < 4.78 is 21.9. The minimum atomic E-state index is -0.229. The van der Waals surface area contributed by atoms with Gasteiger partial charge in [-0.3, -0.25) is 0 Å². The van der Waals surface area contributed by atoms with E-state index in [-0.39, 0.29) is 11.9 Å². The maximum atomic E-state index is 9.78. The molecule has 0 saturated heterocycles. The standard InChI is InChI=1S/C18H20O5/c1-20-15-9-12(4-5-14(15)19)18-13-10-17(22-3)16(21-2)8-11(13)6-7-23-18/h4-5,8-10,18-19H,6-7H2,1-3H3/t18-/m1/s1. The molecule has 0 unspecified atom stereocenters. The predicted octanol–water partition coefficient (Wildman–Crippen LogP) is 3.08. The van der Waals surface area contributed by atoms with Crippen LogP contribution in [0.15, 0.2) is 30.3 Å². The summed E-state index contributed by atoms with van der Waals surface area (Å²) in [6.45, 7) is 0.621. The molecule has 5 nitrogen and oxygen atoms in total. The maximum absolute atomic E-state index is 9.78. The van der Waals surface area contributed by atoms with Gasteiger partial charge in [0.05, 0.1) is 27.9 Å². The van der Waals surface area contributed by atoms with E-state index in [2.05, 4.69) is 0 Å². The number of methoxy groups -OCH3 is 3. The molecule has 0 bridgehead atoms. The predicted molar refractivity (Wildman–Crippen MR) is 85.7 cm³/mol. The Morgan fingerprint density at radius 3 is 2.35 bits per heavy atom. The van der Waals surface area contributed by atoms with Gasteiger partial charge < -0.3 is 24.1 Å². The molecule has 1 atom stereocenters. The Morgan fingerprint density at radius 1 is 0.957 bits per heavy atom. The van der Waals surface area contributed by atoms with Crippen LogP contribution in [0.2, 0.25) is 0 Å². The monoisotopic (exact) mass is 316 g/mol. The molecule has 0 spiro atoms. The van der Waals surface area contributed by atoms with E-state index in [1.807, 2.05) is 18.2 Å². The summed E-state index contributed by atoms with van der Waals surface area (Å²) in [5, 5.41) is 9.78. The van der Waals surface area contributed by atoms with Crippen molar-refractivity contribution in [2.45, 2.75) is 12.5 Å². The highest BCUT2D eigenvalue weighted by atomic mass is 16.5. The highest BCUT2D eigenvalue weighted by Crippen LogP contribution is 2.41. The van der Waals surface area contributed by atoms with Crippen LogP contribution in [-0.4, -0.2) is 33.0 Å². The number of rotatable bonds is 4. The summed E-state index contributed by atoms with van der Waals surface area (Å²) in [5.74, 6) is 1.93. The van der Waals surface area contributed by atoms with Crippen molar-refractivity contribution in [3.05, 3.63) is 47.0 Å². The second-order valence-electron chi connectivity index (χ2n) is 5.34. The van der Waals surface area contributed by atoms with Gasteiger partial charge in [-0.1, -0.05) is 6.07 Å². The largest absolute Gasteiger partial charge is 0.504 e. The Bertz CT molecular complexity index is 711. The average Bonchev–Trinajstić information content (AvgIpc) is 2.60. The van der Waals surface area contributed by atoms with Crippen molar-refractivity contribution < 1.29 is 24.1 Å². The van der Waals surface area contributed by atoms with E-state index in [0.29, 0.717) is 18.1 Å². The van der Waals surface area contributed by atoms with E-state index in [1.165, 1.54) is 12.7 Å². The molecule has 2 aromatic carbocycles. The normalized spacial score (nSPS) is 16.6. The molecular weight excluding hydrogens is 296 g/mol. The molecule has 1 aliphatic heterocycles. The van der Waals surface area contributed by atoms with Gasteiger partial charge in [-0.2, -0.15) is 0 Å². The molecule has 2 aromatic rings. The molecule has 0 amide bonds. The van der Waals surface area contributed by atoms with Gasteiger partial charge in [0.25, 0.3) is 0 Å². The first-order valence-corrected chi connectivity index (χ1v) is 7.41. The van der Waals surface area contributed by atoms with Crippen molar-refractivity contribution in [1.29, 1.82) is 0 Å². The Hall–Kier alpha value is -2.40. The Labute approximate surface area is 135 Å². The van der Waals surface area contributed by atoms with Gasteiger partial charge in [0.1, 0.15) is 6.10 Å². The van der Waals surface area contributed by atoms with Crippen molar-refractivity contribution in [3.8, 4) is 23.0 Å². The fourth-order valence-corrected chi connectivity index (χ4v) is 2.91. The third-order valence-corrected chi connectivity index (χ3v) is 4.09. The molecule has 1 N–H and O–H groups in total. The minimum absolute atomic E-state index is 0.111. The number of phenolic OH excluding ortho intramolecular Hbond substituents is 1. The molecule has 3 rings (SSSR count). The molecule has 23 heavy (non-hydrogen) atoms. The number of aromatic hydroxyl groups is 1. The number of hydrogen-bond donors (Lipinski definition) is 1. The summed E-state index contributed by atoms with van der Waals surface area (Å²) in [6.07, 6.45) is 0.592. The Morgan fingerprint density at radius 2 is 1.65 bits per heavy atom. The average molecular weight is 316 g/mol. The topological polar surface area (TPSA) is 57.2 Å². The van der Waals surface area contributed by atoms with Gasteiger partial charge in [-0.25, -0.2) is 0 Å². The smallest absolute Gasteiger partial charge is 0.161 e. The fraction of sp³-hybridized carbons (Fsp3) is 0.333. The molecule has 0 radical (unpaired) electrons. The van der Waals surface area contributed by atoms with Crippen LogP contribution in [0.3, 0.4) is 0 Å². The molecule has 0 aromatic heterocycles. The minimum Gasteiger partial charge on any atom is -0.504 e. The van der Waals surface area contributed by atoms with Crippen molar-refractivity contribution in [1.82, 2.24) is 0 Å². The quantitative estimate of drug-likeness (QED) is 0.939.